The molecule has 0 spiro atoms. The van der Waals surface area contributed by atoms with Crippen LogP contribution in [0.25, 0.3) is 22.3 Å². The molecule has 0 saturated carbocycles. The number of hydrogen-bond acceptors (Lipinski definition) is 3. The van der Waals surface area contributed by atoms with E-state index in [4.69, 9.17) is 15.3 Å². The summed E-state index contributed by atoms with van der Waals surface area (Å²) in [7, 11) is 0. The minimum atomic E-state index is -2.92. The Morgan fingerprint density at radius 2 is 1.19 bits per heavy atom. The van der Waals surface area contributed by atoms with E-state index in [1.165, 1.54) is 30.3 Å². The highest BCUT2D eigenvalue weighted by molar-refractivity contribution is 5.66. The monoisotopic (exact) mass is 508 g/mol. The van der Waals surface area contributed by atoms with Crippen molar-refractivity contribution in [1.29, 1.82) is 0 Å². The zero-order valence-corrected chi connectivity index (χ0v) is 21.3. The highest BCUT2D eigenvalue weighted by Crippen LogP contribution is 2.32. The lowest BCUT2D eigenvalue weighted by atomic mass is 9.85. The summed E-state index contributed by atoms with van der Waals surface area (Å²) in [5.74, 6) is -3.88. The van der Waals surface area contributed by atoms with Gasteiger partial charge in [0.25, 0.3) is 0 Å². The summed E-state index contributed by atoms with van der Waals surface area (Å²) < 4.78 is 41.9. The van der Waals surface area contributed by atoms with E-state index in [1.807, 2.05) is 33.8 Å². The van der Waals surface area contributed by atoms with E-state index in [-0.39, 0.29) is 28.4 Å². The third-order valence-corrected chi connectivity index (χ3v) is 5.96. The molecule has 0 saturated heterocycles. The van der Waals surface area contributed by atoms with Gasteiger partial charge in [0.1, 0.15) is 17.5 Å². The lowest BCUT2D eigenvalue weighted by Crippen LogP contribution is -2.23. The largest absolute Gasteiger partial charge is 0.340 e. The molecule has 0 unspecified atom stereocenters. The fourth-order valence-corrected chi connectivity index (χ4v) is 3.96. The Bertz CT molecular complexity index is 1370. The number of hydrogen-bond donors (Lipinski definition) is 3. The van der Waals surface area contributed by atoms with Gasteiger partial charge in [-0.15, -0.1) is 0 Å². The highest BCUT2D eigenvalue weighted by atomic mass is 19.1. The highest BCUT2D eigenvalue weighted by Gasteiger charge is 2.23. The van der Waals surface area contributed by atoms with E-state index in [2.05, 4.69) is 0 Å². The zero-order valence-electron chi connectivity index (χ0n) is 21.3. The maximum atomic E-state index is 14.5. The molecule has 194 valence electrons. The standard InChI is InChI=1S/C16H16F2.C15H15FO3/c1-16(2,3)14-9-5-8-13(15(14)18)11-6-4-7-12(17)10-11;1-2-10-5-4-8-13(14(10)16)11-6-3-7-12(9-11)15(17,18)19/h4-10H,1-3H3;3-9,17-19H,2H2,1H3. The molecular formula is C31H31F3O3. The second kappa shape index (κ2) is 11.3. The number of aliphatic hydroxyl groups is 3. The summed E-state index contributed by atoms with van der Waals surface area (Å²) in [4.78, 5) is 0. The van der Waals surface area contributed by atoms with E-state index in [0.29, 0.717) is 39.8 Å². The van der Waals surface area contributed by atoms with Gasteiger partial charge in [-0.2, -0.15) is 0 Å². The van der Waals surface area contributed by atoms with Crippen LogP contribution in [0.3, 0.4) is 0 Å². The molecule has 3 N–H and O–H groups in total. The predicted octanol–water partition coefficient (Wildman–Crippen LogP) is 7.07. The van der Waals surface area contributed by atoms with E-state index >= 15 is 0 Å². The molecule has 0 aliphatic carbocycles. The van der Waals surface area contributed by atoms with Crippen molar-refractivity contribution in [2.45, 2.75) is 45.5 Å². The number of rotatable bonds is 4. The maximum absolute atomic E-state index is 14.5. The Kier molecular flexibility index (Phi) is 8.59. The van der Waals surface area contributed by atoms with Gasteiger partial charge >= 0.3 is 5.97 Å². The molecule has 0 radical (unpaired) electrons. The number of benzene rings is 4. The Labute approximate surface area is 215 Å². The van der Waals surface area contributed by atoms with Crippen molar-refractivity contribution in [3.63, 3.8) is 0 Å². The van der Waals surface area contributed by atoms with Crippen molar-refractivity contribution in [2.75, 3.05) is 0 Å². The van der Waals surface area contributed by atoms with Gasteiger partial charge in [-0.05, 0) is 52.3 Å². The SMILES string of the molecule is CC(C)(C)c1cccc(-c2cccc(F)c2)c1F.CCc1cccc(-c2cccc(C(O)(O)O)c2)c1F. The average Bonchev–Trinajstić information content (AvgIpc) is 2.83. The van der Waals surface area contributed by atoms with E-state index in [1.54, 1.807) is 48.5 Å². The predicted molar refractivity (Wildman–Crippen MR) is 140 cm³/mol. The first-order valence-corrected chi connectivity index (χ1v) is 11.9. The summed E-state index contributed by atoms with van der Waals surface area (Å²) in [6.45, 7) is 7.74. The van der Waals surface area contributed by atoms with Crippen LogP contribution in [-0.4, -0.2) is 15.3 Å². The Morgan fingerprint density at radius 1 is 0.649 bits per heavy atom. The Balaban J connectivity index is 0.000000206. The van der Waals surface area contributed by atoms with Crippen LogP contribution in [0.4, 0.5) is 13.2 Å². The Hall–Kier alpha value is -3.45. The van der Waals surface area contributed by atoms with Crippen LogP contribution in [0.15, 0.2) is 84.9 Å². The molecule has 4 aromatic rings. The van der Waals surface area contributed by atoms with Gasteiger partial charge in [0.2, 0.25) is 0 Å². The van der Waals surface area contributed by atoms with Crippen LogP contribution in [-0.2, 0) is 17.8 Å². The fourth-order valence-electron chi connectivity index (χ4n) is 3.96. The molecule has 0 heterocycles. The minimum absolute atomic E-state index is 0.105. The molecule has 0 fully saturated rings. The quantitative estimate of drug-likeness (QED) is 0.258. The molecular weight excluding hydrogens is 477 g/mol. The van der Waals surface area contributed by atoms with Gasteiger partial charge < -0.3 is 15.3 Å². The topological polar surface area (TPSA) is 60.7 Å². The molecule has 6 heteroatoms. The first-order chi connectivity index (χ1) is 17.3. The second-order valence-corrected chi connectivity index (χ2v) is 9.78. The zero-order chi connectivity index (χ0) is 27.4. The molecule has 4 rings (SSSR count). The molecule has 0 bridgehead atoms. The van der Waals surface area contributed by atoms with Crippen molar-refractivity contribution in [3.8, 4) is 22.3 Å². The maximum Gasteiger partial charge on any atom is 0.304 e. The van der Waals surface area contributed by atoms with E-state index in [0.717, 1.165) is 0 Å². The summed E-state index contributed by atoms with van der Waals surface area (Å²) in [6, 6.07) is 22.2. The van der Waals surface area contributed by atoms with Crippen molar-refractivity contribution in [3.05, 3.63) is 119 Å². The smallest absolute Gasteiger partial charge is 0.304 e. The first-order valence-electron chi connectivity index (χ1n) is 11.9. The Morgan fingerprint density at radius 3 is 1.76 bits per heavy atom. The molecule has 4 aromatic carbocycles. The third-order valence-electron chi connectivity index (χ3n) is 5.96. The van der Waals surface area contributed by atoms with Gasteiger partial charge in [-0.1, -0.05) is 94.4 Å². The second-order valence-electron chi connectivity index (χ2n) is 9.78. The molecule has 0 amide bonds. The van der Waals surface area contributed by atoms with Crippen LogP contribution in [0.2, 0.25) is 0 Å². The van der Waals surface area contributed by atoms with Crippen LogP contribution in [0.1, 0.15) is 44.4 Å². The summed E-state index contributed by atoms with van der Waals surface area (Å²) >= 11 is 0. The number of halogens is 3. The first kappa shape index (κ1) is 28.1. The van der Waals surface area contributed by atoms with Gasteiger partial charge in [0.05, 0.1) is 0 Å². The van der Waals surface area contributed by atoms with Crippen LogP contribution in [0, 0.1) is 17.5 Å². The summed E-state index contributed by atoms with van der Waals surface area (Å²) in [5, 5.41) is 27.4. The average molecular weight is 509 g/mol. The summed E-state index contributed by atoms with van der Waals surface area (Å²) in [5.41, 5.74) is 2.72. The molecule has 0 aliphatic heterocycles. The van der Waals surface area contributed by atoms with Gasteiger partial charge in [-0.3, -0.25) is 0 Å². The van der Waals surface area contributed by atoms with E-state index in [9.17, 15) is 13.2 Å². The third kappa shape index (κ3) is 6.86. The van der Waals surface area contributed by atoms with Gasteiger partial charge in [-0.25, -0.2) is 13.2 Å². The van der Waals surface area contributed by atoms with Crippen LogP contribution in [0.5, 0.6) is 0 Å². The number of aryl methyl sites for hydroxylation is 1. The molecule has 37 heavy (non-hydrogen) atoms. The molecule has 0 atom stereocenters. The molecule has 3 nitrogen and oxygen atoms in total. The lowest BCUT2D eigenvalue weighted by Gasteiger charge is -2.21. The van der Waals surface area contributed by atoms with Gasteiger partial charge in [0, 0.05) is 16.7 Å². The fraction of sp³-hybridized carbons (Fsp3) is 0.226. The molecule has 0 aromatic heterocycles. The summed E-state index contributed by atoms with van der Waals surface area (Å²) in [6.07, 6.45) is 0.573. The normalized spacial score (nSPS) is 11.6. The van der Waals surface area contributed by atoms with Crippen molar-refractivity contribution in [2.24, 2.45) is 0 Å². The minimum Gasteiger partial charge on any atom is -0.340 e. The van der Waals surface area contributed by atoms with Crippen molar-refractivity contribution in [1.82, 2.24) is 0 Å². The molecule has 0 aliphatic rings. The van der Waals surface area contributed by atoms with Gasteiger partial charge in [0.15, 0.2) is 0 Å². The van der Waals surface area contributed by atoms with Crippen molar-refractivity contribution < 1.29 is 28.5 Å². The lowest BCUT2D eigenvalue weighted by molar-refractivity contribution is -0.323. The van der Waals surface area contributed by atoms with E-state index < -0.39 is 5.97 Å². The van der Waals surface area contributed by atoms with Crippen LogP contribution < -0.4 is 0 Å². The van der Waals surface area contributed by atoms with Crippen molar-refractivity contribution >= 4 is 0 Å². The van der Waals surface area contributed by atoms with Crippen LogP contribution >= 0.6 is 0 Å².